The molecule has 0 amide bonds. The van der Waals surface area contributed by atoms with Crippen molar-refractivity contribution in [3.63, 3.8) is 0 Å². The largest absolute Gasteiger partial charge is 0.463 e. The normalized spacial score (nSPS) is 14.4. The summed E-state index contributed by atoms with van der Waals surface area (Å²) in [6, 6.07) is 3.28. The molecule has 0 radical (unpaired) electrons. The van der Waals surface area contributed by atoms with E-state index in [-0.39, 0.29) is 24.5 Å². The Balaban J connectivity index is 2.64. The van der Waals surface area contributed by atoms with Gasteiger partial charge in [0.25, 0.3) is 0 Å². The lowest BCUT2D eigenvalue weighted by atomic mass is 10.0. The summed E-state index contributed by atoms with van der Waals surface area (Å²) in [6.07, 6.45) is 0.880. The fraction of sp³-hybridized carbons (Fsp3) is 0.643. The first kappa shape index (κ1) is 15.7. The average molecular weight is 269 g/mol. The predicted molar refractivity (Wildman–Crippen MR) is 71.9 cm³/mol. The van der Waals surface area contributed by atoms with Crippen molar-refractivity contribution in [3.05, 3.63) is 23.7 Å². The van der Waals surface area contributed by atoms with Crippen LogP contribution >= 0.6 is 0 Å². The van der Waals surface area contributed by atoms with Gasteiger partial charge in [0.1, 0.15) is 5.76 Å². The molecule has 0 aromatic carbocycles. The van der Waals surface area contributed by atoms with Gasteiger partial charge in [0, 0.05) is 6.04 Å². The first-order valence-electron chi connectivity index (χ1n) is 6.52. The quantitative estimate of drug-likeness (QED) is 0.742. The van der Waals surface area contributed by atoms with E-state index in [2.05, 4.69) is 23.9 Å². The van der Waals surface area contributed by atoms with E-state index >= 15 is 0 Å². The lowest BCUT2D eigenvalue weighted by molar-refractivity contribution is 0.0561. The zero-order valence-electron chi connectivity index (χ0n) is 12.0. The van der Waals surface area contributed by atoms with E-state index in [1.54, 1.807) is 12.1 Å². The van der Waals surface area contributed by atoms with Crippen molar-refractivity contribution in [2.75, 3.05) is 13.7 Å². The van der Waals surface area contributed by atoms with E-state index in [0.717, 1.165) is 6.42 Å². The second kappa shape index (κ2) is 7.31. The summed E-state index contributed by atoms with van der Waals surface area (Å²) in [4.78, 5) is 11.3. The van der Waals surface area contributed by atoms with Gasteiger partial charge in [0.15, 0.2) is 0 Å². The van der Waals surface area contributed by atoms with Gasteiger partial charge < -0.3 is 19.6 Å². The van der Waals surface area contributed by atoms with Crippen LogP contribution in [0.25, 0.3) is 0 Å². The van der Waals surface area contributed by atoms with Gasteiger partial charge in [-0.1, -0.05) is 13.8 Å². The number of carbonyl (C=O) groups excluding carboxylic acids is 1. The summed E-state index contributed by atoms with van der Waals surface area (Å²) in [6.45, 7) is 6.23. The Labute approximate surface area is 113 Å². The van der Waals surface area contributed by atoms with Crippen LogP contribution in [-0.2, 0) is 4.74 Å². The Kier molecular flexibility index (Phi) is 6.05. The second-order valence-electron chi connectivity index (χ2n) is 5.09. The highest BCUT2D eigenvalue weighted by Crippen LogP contribution is 2.18. The maximum atomic E-state index is 11.3. The number of carbonyl (C=O) groups is 1. The van der Waals surface area contributed by atoms with Crippen molar-refractivity contribution in [1.82, 2.24) is 5.32 Å². The molecule has 0 aliphatic carbocycles. The van der Waals surface area contributed by atoms with Crippen molar-refractivity contribution in [1.29, 1.82) is 0 Å². The summed E-state index contributed by atoms with van der Waals surface area (Å²) in [5.74, 6) is 0.858. The summed E-state index contributed by atoms with van der Waals surface area (Å²) in [7, 11) is 1.32. The van der Waals surface area contributed by atoms with Crippen LogP contribution in [0.2, 0.25) is 0 Å². The lowest BCUT2D eigenvalue weighted by Crippen LogP contribution is -2.35. The summed E-state index contributed by atoms with van der Waals surface area (Å²) in [5, 5.41) is 12.6. The molecule has 19 heavy (non-hydrogen) atoms. The molecule has 0 saturated heterocycles. The van der Waals surface area contributed by atoms with E-state index < -0.39 is 5.97 Å². The van der Waals surface area contributed by atoms with Crippen LogP contribution in [0.1, 0.15) is 49.5 Å². The number of hydrogen-bond acceptors (Lipinski definition) is 5. The van der Waals surface area contributed by atoms with Crippen LogP contribution in [0.5, 0.6) is 0 Å². The SMILES string of the molecule is COC(=O)c1ccc(C(C)NC(CO)CC(C)C)o1. The standard InChI is InChI=1S/C14H23NO4/c1-9(2)7-11(8-16)15-10(3)12-5-6-13(19-12)14(17)18-4/h5-6,9-11,15-16H,7-8H2,1-4H3. The number of nitrogens with one attached hydrogen (secondary N) is 1. The van der Waals surface area contributed by atoms with Crippen LogP contribution in [0, 0.1) is 5.92 Å². The monoisotopic (exact) mass is 269 g/mol. The van der Waals surface area contributed by atoms with Gasteiger partial charge in [-0.2, -0.15) is 0 Å². The molecule has 0 saturated carbocycles. The third kappa shape index (κ3) is 4.69. The van der Waals surface area contributed by atoms with Gasteiger partial charge in [0.2, 0.25) is 5.76 Å². The fourth-order valence-electron chi connectivity index (χ4n) is 2.00. The van der Waals surface area contributed by atoms with Gasteiger partial charge in [-0.25, -0.2) is 4.79 Å². The zero-order valence-corrected chi connectivity index (χ0v) is 12.0. The number of furan rings is 1. The number of esters is 1. The van der Waals surface area contributed by atoms with Crippen LogP contribution in [0.3, 0.4) is 0 Å². The molecular formula is C14H23NO4. The number of methoxy groups -OCH3 is 1. The molecule has 0 aliphatic rings. The van der Waals surface area contributed by atoms with Crippen molar-refractivity contribution < 1.29 is 19.1 Å². The summed E-state index contributed by atoms with van der Waals surface area (Å²) >= 11 is 0. The van der Waals surface area contributed by atoms with Crippen molar-refractivity contribution in [3.8, 4) is 0 Å². The molecule has 0 spiro atoms. The second-order valence-corrected chi connectivity index (χ2v) is 5.09. The molecule has 2 N–H and O–H groups in total. The number of rotatable bonds is 7. The molecule has 1 rings (SSSR count). The molecule has 5 heteroatoms. The zero-order chi connectivity index (χ0) is 14.4. The highest BCUT2D eigenvalue weighted by Gasteiger charge is 2.18. The minimum atomic E-state index is -0.487. The smallest absolute Gasteiger partial charge is 0.373 e. The Bertz CT molecular complexity index is 400. The van der Waals surface area contributed by atoms with Crippen molar-refractivity contribution in [2.45, 2.75) is 39.3 Å². The fourth-order valence-corrected chi connectivity index (χ4v) is 2.00. The minimum Gasteiger partial charge on any atom is -0.463 e. The number of aliphatic hydroxyl groups is 1. The molecule has 2 unspecified atom stereocenters. The third-order valence-electron chi connectivity index (χ3n) is 2.90. The van der Waals surface area contributed by atoms with Crippen LogP contribution in [-0.4, -0.2) is 30.8 Å². The maximum Gasteiger partial charge on any atom is 0.373 e. The third-order valence-corrected chi connectivity index (χ3v) is 2.90. The van der Waals surface area contributed by atoms with Crippen molar-refractivity contribution >= 4 is 5.97 Å². The van der Waals surface area contributed by atoms with E-state index in [9.17, 15) is 9.90 Å². The van der Waals surface area contributed by atoms with Crippen LogP contribution < -0.4 is 5.32 Å². The molecule has 1 heterocycles. The van der Waals surface area contributed by atoms with Gasteiger partial charge in [-0.05, 0) is 31.4 Å². The van der Waals surface area contributed by atoms with E-state index in [1.165, 1.54) is 7.11 Å². The highest BCUT2D eigenvalue weighted by molar-refractivity contribution is 5.86. The Morgan fingerprint density at radius 1 is 1.42 bits per heavy atom. The first-order chi connectivity index (χ1) is 8.97. The van der Waals surface area contributed by atoms with Gasteiger partial charge in [0.05, 0.1) is 19.8 Å². The lowest BCUT2D eigenvalue weighted by Gasteiger charge is -2.21. The Morgan fingerprint density at radius 2 is 2.11 bits per heavy atom. The molecule has 5 nitrogen and oxygen atoms in total. The molecule has 0 aliphatic heterocycles. The number of ether oxygens (including phenoxy) is 1. The van der Waals surface area contributed by atoms with E-state index in [4.69, 9.17) is 4.42 Å². The average Bonchev–Trinajstić information content (AvgIpc) is 2.86. The molecule has 2 atom stereocenters. The predicted octanol–water partition coefficient (Wildman–Crippen LogP) is 2.12. The summed E-state index contributed by atoms with van der Waals surface area (Å²) < 4.78 is 10.0. The molecule has 108 valence electrons. The Morgan fingerprint density at radius 3 is 2.63 bits per heavy atom. The molecule has 0 fully saturated rings. The minimum absolute atomic E-state index is 0.0154. The maximum absolute atomic E-state index is 11.3. The molecular weight excluding hydrogens is 246 g/mol. The van der Waals surface area contributed by atoms with E-state index in [0.29, 0.717) is 11.7 Å². The van der Waals surface area contributed by atoms with Crippen LogP contribution in [0.15, 0.2) is 16.5 Å². The first-order valence-corrected chi connectivity index (χ1v) is 6.52. The van der Waals surface area contributed by atoms with Crippen LogP contribution in [0.4, 0.5) is 0 Å². The van der Waals surface area contributed by atoms with Crippen molar-refractivity contribution in [2.24, 2.45) is 5.92 Å². The molecule has 1 aromatic heterocycles. The topological polar surface area (TPSA) is 71.7 Å². The number of hydrogen-bond donors (Lipinski definition) is 2. The Hall–Kier alpha value is -1.33. The number of aliphatic hydroxyl groups excluding tert-OH is 1. The molecule has 1 aromatic rings. The summed E-state index contributed by atoms with van der Waals surface area (Å²) in [5.41, 5.74) is 0. The highest BCUT2D eigenvalue weighted by atomic mass is 16.5. The molecule has 0 bridgehead atoms. The van der Waals surface area contributed by atoms with Gasteiger partial charge in [-0.3, -0.25) is 0 Å². The van der Waals surface area contributed by atoms with Gasteiger partial charge >= 0.3 is 5.97 Å². The van der Waals surface area contributed by atoms with E-state index in [1.807, 2.05) is 6.92 Å². The van der Waals surface area contributed by atoms with Gasteiger partial charge in [-0.15, -0.1) is 0 Å².